The van der Waals surface area contributed by atoms with Crippen molar-refractivity contribution in [3.05, 3.63) is 29.5 Å². The van der Waals surface area contributed by atoms with Crippen molar-refractivity contribution in [2.24, 2.45) is 0 Å². The van der Waals surface area contributed by atoms with Crippen molar-refractivity contribution < 1.29 is 5.11 Å². The fraction of sp³-hybridized carbons (Fsp3) is 0.308. The Bertz CT molecular complexity index is 576. The Hall–Kier alpha value is -1.95. The SMILES string of the molecule is Cc1ccc2c(c1)c(O)c(C)n2CCC#N. The molecule has 1 heterocycles. The third-order valence-electron chi connectivity index (χ3n) is 2.89. The van der Waals surface area contributed by atoms with Crippen LogP contribution in [-0.4, -0.2) is 9.67 Å². The molecule has 3 heteroatoms. The van der Waals surface area contributed by atoms with E-state index < -0.39 is 0 Å². The summed E-state index contributed by atoms with van der Waals surface area (Å²) in [4.78, 5) is 0. The number of benzene rings is 1. The quantitative estimate of drug-likeness (QED) is 0.835. The van der Waals surface area contributed by atoms with Gasteiger partial charge in [-0.05, 0) is 26.0 Å². The van der Waals surface area contributed by atoms with E-state index >= 15 is 0 Å². The molecular weight excluding hydrogens is 200 g/mol. The van der Waals surface area contributed by atoms with Crippen molar-refractivity contribution in [3.8, 4) is 11.8 Å². The second kappa shape index (κ2) is 3.90. The molecule has 82 valence electrons. The molecule has 0 saturated heterocycles. The van der Waals surface area contributed by atoms with Gasteiger partial charge in [0.1, 0.15) is 5.75 Å². The van der Waals surface area contributed by atoms with Gasteiger partial charge in [0.25, 0.3) is 0 Å². The van der Waals surface area contributed by atoms with Crippen molar-refractivity contribution in [2.45, 2.75) is 26.8 Å². The van der Waals surface area contributed by atoms with Crippen LogP contribution in [0.15, 0.2) is 18.2 Å². The maximum Gasteiger partial charge on any atom is 0.144 e. The monoisotopic (exact) mass is 214 g/mol. The Morgan fingerprint density at radius 1 is 1.38 bits per heavy atom. The van der Waals surface area contributed by atoms with Gasteiger partial charge in [0.05, 0.1) is 23.7 Å². The van der Waals surface area contributed by atoms with Crippen LogP contribution in [0, 0.1) is 25.2 Å². The maximum atomic E-state index is 10.00. The van der Waals surface area contributed by atoms with Gasteiger partial charge in [0.2, 0.25) is 0 Å². The van der Waals surface area contributed by atoms with Gasteiger partial charge in [-0.15, -0.1) is 0 Å². The van der Waals surface area contributed by atoms with E-state index in [1.807, 2.05) is 36.6 Å². The molecule has 16 heavy (non-hydrogen) atoms. The van der Waals surface area contributed by atoms with Crippen molar-refractivity contribution in [1.82, 2.24) is 4.57 Å². The largest absolute Gasteiger partial charge is 0.505 e. The Morgan fingerprint density at radius 3 is 2.81 bits per heavy atom. The minimum absolute atomic E-state index is 0.330. The fourth-order valence-electron chi connectivity index (χ4n) is 2.03. The Balaban J connectivity index is 2.65. The number of hydrogen-bond donors (Lipinski definition) is 1. The van der Waals surface area contributed by atoms with Gasteiger partial charge in [0.15, 0.2) is 0 Å². The molecule has 0 bridgehead atoms. The molecule has 0 spiro atoms. The van der Waals surface area contributed by atoms with Crippen LogP contribution in [-0.2, 0) is 6.54 Å². The molecule has 2 rings (SSSR count). The average Bonchev–Trinajstić information content (AvgIpc) is 2.50. The van der Waals surface area contributed by atoms with Gasteiger partial charge >= 0.3 is 0 Å². The summed E-state index contributed by atoms with van der Waals surface area (Å²) in [5.41, 5.74) is 2.95. The highest BCUT2D eigenvalue weighted by Crippen LogP contribution is 2.32. The molecule has 1 N–H and O–H groups in total. The van der Waals surface area contributed by atoms with Crippen LogP contribution in [0.1, 0.15) is 17.7 Å². The van der Waals surface area contributed by atoms with Gasteiger partial charge in [-0.2, -0.15) is 5.26 Å². The number of aromatic nitrogens is 1. The van der Waals surface area contributed by atoms with Crippen molar-refractivity contribution >= 4 is 10.9 Å². The van der Waals surface area contributed by atoms with E-state index in [0.717, 1.165) is 22.2 Å². The summed E-state index contributed by atoms with van der Waals surface area (Å²) >= 11 is 0. The van der Waals surface area contributed by atoms with Crippen LogP contribution in [0.2, 0.25) is 0 Å². The molecule has 0 amide bonds. The topological polar surface area (TPSA) is 49.0 Å². The lowest BCUT2D eigenvalue weighted by molar-refractivity contribution is 0.472. The summed E-state index contributed by atoms with van der Waals surface area (Å²) in [6.07, 6.45) is 0.456. The third kappa shape index (κ3) is 1.53. The smallest absolute Gasteiger partial charge is 0.144 e. The molecular formula is C13H14N2O. The van der Waals surface area contributed by atoms with E-state index in [0.29, 0.717) is 18.7 Å². The van der Waals surface area contributed by atoms with Gasteiger partial charge in [-0.25, -0.2) is 0 Å². The molecule has 0 radical (unpaired) electrons. The predicted molar refractivity (Wildman–Crippen MR) is 63.3 cm³/mol. The third-order valence-corrected chi connectivity index (χ3v) is 2.89. The summed E-state index contributed by atoms with van der Waals surface area (Å²) in [7, 11) is 0. The van der Waals surface area contributed by atoms with E-state index in [1.54, 1.807) is 0 Å². The van der Waals surface area contributed by atoms with Crippen LogP contribution >= 0.6 is 0 Å². The predicted octanol–water partition coefficient (Wildman–Crippen LogP) is 2.88. The molecule has 0 aliphatic heterocycles. The van der Waals surface area contributed by atoms with Gasteiger partial charge in [-0.3, -0.25) is 0 Å². The first-order valence-corrected chi connectivity index (χ1v) is 5.30. The molecule has 0 aliphatic carbocycles. The summed E-state index contributed by atoms with van der Waals surface area (Å²) in [6.45, 7) is 4.51. The first-order chi connectivity index (χ1) is 7.65. The first-order valence-electron chi connectivity index (χ1n) is 5.30. The minimum Gasteiger partial charge on any atom is -0.505 e. The molecule has 1 aromatic carbocycles. The molecule has 0 saturated carbocycles. The normalized spacial score (nSPS) is 10.6. The van der Waals surface area contributed by atoms with Crippen LogP contribution in [0.4, 0.5) is 0 Å². The number of nitrogens with zero attached hydrogens (tertiary/aromatic N) is 2. The lowest BCUT2D eigenvalue weighted by atomic mass is 10.1. The summed E-state index contributed by atoms with van der Waals surface area (Å²) < 4.78 is 1.99. The Kier molecular flexibility index (Phi) is 2.57. The second-order valence-electron chi connectivity index (χ2n) is 4.01. The number of rotatable bonds is 2. The Labute approximate surface area is 94.5 Å². The number of hydrogen-bond acceptors (Lipinski definition) is 2. The van der Waals surface area contributed by atoms with Crippen LogP contribution in [0.5, 0.6) is 5.75 Å². The summed E-state index contributed by atoms with van der Waals surface area (Å²) in [5, 5.41) is 19.5. The molecule has 0 atom stereocenters. The highest BCUT2D eigenvalue weighted by atomic mass is 16.3. The second-order valence-corrected chi connectivity index (χ2v) is 4.01. The summed E-state index contributed by atoms with van der Waals surface area (Å²) in [6, 6.07) is 8.11. The standard InChI is InChI=1S/C13H14N2O/c1-9-4-5-12-11(8-9)13(16)10(2)15(12)7-3-6-14/h4-5,8,16H,3,7H2,1-2H3. The molecule has 1 aromatic heterocycles. The van der Waals surface area contributed by atoms with E-state index in [9.17, 15) is 5.11 Å². The van der Waals surface area contributed by atoms with Gasteiger partial charge in [-0.1, -0.05) is 11.6 Å². The van der Waals surface area contributed by atoms with Gasteiger partial charge < -0.3 is 9.67 Å². The highest BCUT2D eigenvalue weighted by molar-refractivity contribution is 5.88. The molecule has 0 unspecified atom stereocenters. The highest BCUT2D eigenvalue weighted by Gasteiger charge is 2.12. The zero-order chi connectivity index (χ0) is 11.7. The van der Waals surface area contributed by atoms with Crippen molar-refractivity contribution in [3.63, 3.8) is 0 Å². The van der Waals surface area contributed by atoms with E-state index in [2.05, 4.69) is 6.07 Å². The maximum absolute atomic E-state index is 10.00. The molecule has 3 nitrogen and oxygen atoms in total. The number of fused-ring (bicyclic) bond motifs is 1. The lowest BCUT2D eigenvalue weighted by Gasteiger charge is -2.04. The number of aryl methyl sites for hydroxylation is 2. The van der Waals surface area contributed by atoms with Crippen LogP contribution in [0.25, 0.3) is 10.9 Å². The zero-order valence-electron chi connectivity index (χ0n) is 9.49. The molecule has 0 aliphatic rings. The van der Waals surface area contributed by atoms with E-state index in [-0.39, 0.29) is 0 Å². The van der Waals surface area contributed by atoms with Crippen molar-refractivity contribution in [2.75, 3.05) is 0 Å². The van der Waals surface area contributed by atoms with Crippen LogP contribution in [0.3, 0.4) is 0 Å². The molecule has 2 aromatic rings. The van der Waals surface area contributed by atoms with Gasteiger partial charge in [0, 0.05) is 11.9 Å². The summed E-state index contributed by atoms with van der Waals surface area (Å²) in [5.74, 6) is 0.330. The van der Waals surface area contributed by atoms with E-state index in [4.69, 9.17) is 5.26 Å². The molecule has 0 fully saturated rings. The Morgan fingerprint density at radius 2 is 2.12 bits per heavy atom. The fourth-order valence-corrected chi connectivity index (χ4v) is 2.03. The van der Waals surface area contributed by atoms with Crippen molar-refractivity contribution in [1.29, 1.82) is 5.26 Å². The van der Waals surface area contributed by atoms with Crippen LogP contribution < -0.4 is 0 Å². The lowest BCUT2D eigenvalue weighted by Crippen LogP contribution is -1.98. The zero-order valence-corrected chi connectivity index (χ0v) is 9.49. The number of nitriles is 1. The average molecular weight is 214 g/mol. The number of aromatic hydroxyl groups is 1. The first kappa shape index (κ1) is 10.6. The minimum atomic E-state index is 0.330. The van der Waals surface area contributed by atoms with E-state index in [1.165, 1.54) is 0 Å².